The number of carbonyl (C=O) groups is 1. The first-order chi connectivity index (χ1) is 7.81. The molecule has 4 heteroatoms. The van der Waals surface area contributed by atoms with Crippen molar-refractivity contribution in [3.8, 4) is 0 Å². The van der Waals surface area contributed by atoms with E-state index < -0.39 is 0 Å². The average Bonchev–Trinajstić information content (AvgIpc) is 2.88. The number of H-pyrrole nitrogens is 1. The van der Waals surface area contributed by atoms with Gasteiger partial charge in [0, 0.05) is 19.3 Å². The Hall–Kier alpha value is -1.13. The number of likely N-dealkylation sites (tertiary alicyclic amines) is 1. The molecule has 0 amide bonds. The standard InChI is InChI=1S/C12H16N2O2/c15-12(11-2-1-5-13-11)8-14-6-9-3-4-10(7-14)16-9/h1-2,5,9-10,13H,3-4,6-8H2. The van der Waals surface area contributed by atoms with Gasteiger partial charge in [0.2, 0.25) is 0 Å². The summed E-state index contributed by atoms with van der Waals surface area (Å²) in [5.41, 5.74) is 0.707. The van der Waals surface area contributed by atoms with E-state index in [4.69, 9.17) is 4.74 Å². The molecule has 3 heterocycles. The number of Topliss-reactive ketones (excluding diaryl/α,β-unsaturated/α-hetero) is 1. The second-order valence-corrected chi connectivity index (χ2v) is 4.66. The van der Waals surface area contributed by atoms with E-state index in [0.29, 0.717) is 24.4 Å². The Morgan fingerprint density at radius 3 is 2.81 bits per heavy atom. The summed E-state index contributed by atoms with van der Waals surface area (Å²) in [5.74, 6) is 0.173. The molecule has 2 saturated heterocycles. The summed E-state index contributed by atoms with van der Waals surface area (Å²) in [7, 11) is 0. The van der Waals surface area contributed by atoms with Crippen molar-refractivity contribution in [2.24, 2.45) is 0 Å². The van der Waals surface area contributed by atoms with Gasteiger partial charge in [0.1, 0.15) is 0 Å². The highest BCUT2D eigenvalue weighted by atomic mass is 16.5. The minimum atomic E-state index is 0.173. The van der Waals surface area contributed by atoms with Gasteiger partial charge in [-0.25, -0.2) is 0 Å². The van der Waals surface area contributed by atoms with Gasteiger partial charge in [0.15, 0.2) is 5.78 Å². The molecule has 2 bridgehead atoms. The minimum Gasteiger partial charge on any atom is -0.372 e. The second kappa shape index (κ2) is 4.03. The Kier molecular flexibility index (Phi) is 2.53. The van der Waals surface area contributed by atoms with Crippen molar-refractivity contribution in [3.05, 3.63) is 24.0 Å². The van der Waals surface area contributed by atoms with Gasteiger partial charge < -0.3 is 9.72 Å². The summed E-state index contributed by atoms with van der Waals surface area (Å²) in [4.78, 5) is 17.1. The van der Waals surface area contributed by atoms with Crippen LogP contribution in [0.25, 0.3) is 0 Å². The van der Waals surface area contributed by atoms with E-state index >= 15 is 0 Å². The average molecular weight is 220 g/mol. The van der Waals surface area contributed by atoms with Crippen LogP contribution < -0.4 is 0 Å². The number of rotatable bonds is 3. The maximum Gasteiger partial charge on any atom is 0.192 e. The molecule has 2 atom stereocenters. The van der Waals surface area contributed by atoms with Crippen LogP contribution in [-0.2, 0) is 4.74 Å². The number of hydrogen-bond donors (Lipinski definition) is 1. The number of aromatic amines is 1. The molecule has 0 aliphatic carbocycles. The van der Waals surface area contributed by atoms with Crippen molar-refractivity contribution in [1.82, 2.24) is 9.88 Å². The summed E-state index contributed by atoms with van der Waals surface area (Å²) in [6.07, 6.45) is 4.80. The third kappa shape index (κ3) is 1.90. The Bertz CT molecular complexity index is 362. The molecule has 0 radical (unpaired) electrons. The maximum absolute atomic E-state index is 11.9. The highest BCUT2D eigenvalue weighted by molar-refractivity contribution is 5.95. The zero-order valence-electron chi connectivity index (χ0n) is 9.19. The molecule has 2 aliphatic heterocycles. The van der Waals surface area contributed by atoms with Gasteiger partial charge in [-0.3, -0.25) is 9.69 Å². The predicted molar refractivity (Wildman–Crippen MR) is 59.5 cm³/mol. The van der Waals surface area contributed by atoms with Crippen LogP contribution in [0.3, 0.4) is 0 Å². The van der Waals surface area contributed by atoms with Crippen LogP contribution in [0.2, 0.25) is 0 Å². The van der Waals surface area contributed by atoms with E-state index in [0.717, 1.165) is 25.9 Å². The number of nitrogens with one attached hydrogen (secondary N) is 1. The number of ether oxygens (including phenoxy) is 1. The normalized spacial score (nSPS) is 29.5. The number of nitrogens with zero attached hydrogens (tertiary/aromatic N) is 1. The van der Waals surface area contributed by atoms with E-state index in [1.54, 1.807) is 6.20 Å². The molecular formula is C12H16N2O2. The lowest BCUT2D eigenvalue weighted by atomic mass is 10.2. The molecule has 2 unspecified atom stereocenters. The summed E-state index contributed by atoms with van der Waals surface area (Å²) in [6, 6.07) is 3.69. The molecule has 2 aliphatic rings. The number of morpholine rings is 1. The van der Waals surface area contributed by atoms with Gasteiger partial charge >= 0.3 is 0 Å². The molecule has 0 saturated carbocycles. The third-order valence-corrected chi connectivity index (χ3v) is 3.38. The molecule has 0 aromatic carbocycles. The van der Waals surface area contributed by atoms with Crippen LogP contribution in [0.4, 0.5) is 0 Å². The van der Waals surface area contributed by atoms with Gasteiger partial charge in [-0.15, -0.1) is 0 Å². The van der Waals surface area contributed by atoms with E-state index in [1.165, 1.54) is 0 Å². The molecule has 1 N–H and O–H groups in total. The monoisotopic (exact) mass is 220 g/mol. The predicted octanol–water partition coefficient (Wildman–Crippen LogP) is 1.06. The highest BCUT2D eigenvalue weighted by Crippen LogP contribution is 2.26. The largest absolute Gasteiger partial charge is 0.372 e. The Morgan fingerprint density at radius 2 is 2.19 bits per heavy atom. The fourth-order valence-electron chi connectivity index (χ4n) is 2.62. The zero-order chi connectivity index (χ0) is 11.0. The first-order valence-electron chi connectivity index (χ1n) is 5.85. The smallest absolute Gasteiger partial charge is 0.192 e. The van der Waals surface area contributed by atoms with Crippen LogP contribution >= 0.6 is 0 Å². The van der Waals surface area contributed by atoms with E-state index in [2.05, 4.69) is 9.88 Å². The van der Waals surface area contributed by atoms with Crippen molar-refractivity contribution < 1.29 is 9.53 Å². The Labute approximate surface area is 94.6 Å². The fourth-order valence-corrected chi connectivity index (χ4v) is 2.62. The second-order valence-electron chi connectivity index (χ2n) is 4.66. The number of ketones is 1. The molecule has 86 valence electrons. The quantitative estimate of drug-likeness (QED) is 0.775. The molecule has 1 aromatic rings. The van der Waals surface area contributed by atoms with Crippen LogP contribution in [0, 0.1) is 0 Å². The first kappa shape index (κ1) is 10.1. The van der Waals surface area contributed by atoms with Gasteiger partial charge in [0.05, 0.1) is 24.4 Å². The maximum atomic E-state index is 11.9. The number of aromatic nitrogens is 1. The Balaban J connectivity index is 1.61. The third-order valence-electron chi connectivity index (χ3n) is 3.38. The molecule has 0 spiro atoms. The molecule has 16 heavy (non-hydrogen) atoms. The lowest BCUT2D eigenvalue weighted by Crippen LogP contribution is -2.44. The molecule has 1 aromatic heterocycles. The van der Waals surface area contributed by atoms with E-state index in [-0.39, 0.29) is 5.78 Å². The number of hydrogen-bond acceptors (Lipinski definition) is 3. The zero-order valence-corrected chi connectivity index (χ0v) is 9.19. The van der Waals surface area contributed by atoms with Crippen molar-refractivity contribution in [3.63, 3.8) is 0 Å². The van der Waals surface area contributed by atoms with Crippen LogP contribution in [0.1, 0.15) is 23.3 Å². The van der Waals surface area contributed by atoms with Crippen LogP contribution in [-0.4, -0.2) is 47.5 Å². The topological polar surface area (TPSA) is 45.3 Å². The lowest BCUT2D eigenvalue weighted by molar-refractivity contribution is -0.0356. The van der Waals surface area contributed by atoms with Crippen molar-refractivity contribution in [1.29, 1.82) is 0 Å². The van der Waals surface area contributed by atoms with E-state index in [1.807, 2.05) is 12.1 Å². The fraction of sp³-hybridized carbons (Fsp3) is 0.583. The van der Waals surface area contributed by atoms with Gasteiger partial charge in [-0.05, 0) is 25.0 Å². The van der Waals surface area contributed by atoms with Crippen LogP contribution in [0.5, 0.6) is 0 Å². The van der Waals surface area contributed by atoms with Gasteiger partial charge in [-0.1, -0.05) is 0 Å². The summed E-state index contributed by atoms with van der Waals surface area (Å²) in [5, 5.41) is 0. The molecule has 3 rings (SSSR count). The molecular weight excluding hydrogens is 204 g/mol. The van der Waals surface area contributed by atoms with Crippen molar-refractivity contribution in [2.75, 3.05) is 19.6 Å². The van der Waals surface area contributed by atoms with Crippen molar-refractivity contribution >= 4 is 5.78 Å². The lowest BCUT2D eigenvalue weighted by Gasteiger charge is -2.31. The SMILES string of the molecule is O=C(CN1CC2CCC(C1)O2)c1ccc[nH]1. The number of fused-ring (bicyclic) bond motifs is 2. The van der Waals surface area contributed by atoms with Crippen LogP contribution in [0.15, 0.2) is 18.3 Å². The highest BCUT2D eigenvalue weighted by Gasteiger charge is 2.34. The van der Waals surface area contributed by atoms with Gasteiger partial charge in [0.25, 0.3) is 0 Å². The molecule has 2 fully saturated rings. The molecule has 4 nitrogen and oxygen atoms in total. The van der Waals surface area contributed by atoms with E-state index in [9.17, 15) is 4.79 Å². The Morgan fingerprint density at radius 1 is 1.44 bits per heavy atom. The summed E-state index contributed by atoms with van der Waals surface area (Å²) >= 11 is 0. The number of carbonyl (C=O) groups excluding carboxylic acids is 1. The summed E-state index contributed by atoms with van der Waals surface area (Å²) in [6.45, 7) is 2.32. The first-order valence-corrected chi connectivity index (χ1v) is 5.85. The van der Waals surface area contributed by atoms with Crippen molar-refractivity contribution in [2.45, 2.75) is 25.0 Å². The van der Waals surface area contributed by atoms with Gasteiger partial charge in [-0.2, -0.15) is 0 Å². The summed E-state index contributed by atoms with van der Waals surface area (Å²) < 4.78 is 5.74. The minimum absolute atomic E-state index is 0.173.